The molecule has 142 valence electrons. The Morgan fingerprint density at radius 1 is 1.30 bits per heavy atom. The number of nitrogens with one attached hydrogen (secondary N) is 1. The molecule has 4 nitrogen and oxygen atoms in total. The quantitative estimate of drug-likeness (QED) is 0.732. The minimum atomic E-state index is -0.0238. The highest BCUT2D eigenvalue weighted by Crippen LogP contribution is 2.49. The van der Waals surface area contributed by atoms with E-state index in [2.05, 4.69) is 17.2 Å². The molecule has 4 atom stereocenters. The van der Waals surface area contributed by atoms with Crippen molar-refractivity contribution in [2.45, 2.75) is 38.6 Å². The van der Waals surface area contributed by atoms with Crippen LogP contribution in [0.2, 0.25) is 0 Å². The number of amides is 1. The van der Waals surface area contributed by atoms with Crippen LogP contribution in [0.4, 0.5) is 0 Å². The summed E-state index contributed by atoms with van der Waals surface area (Å²) in [5, 5.41) is 6.08. The number of nitrogens with zero attached hydrogens (tertiary/aromatic N) is 1. The summed E-state index contributed by atoms with van der Waals surface area (Å²) >= 11 is 1.58. The van der Waals surface area contributed by atoms with Crippen LogP contribution in [0.15, 0.2) is 35.7 Å². The van der Waals surface area contributed by atoms with E-state index in [4.69, 9.17) is 4.74 Å². The summed E-state index contributed by atoms with van der Waals surface area (Å²) in [5.74, 6) is 3.18. The number of fused-ring (bicyclic) bond motifs is 2. The first-order chi connectivity index (χ1) is 13.1. The van der Waals surface area contributed by atoms with Gasteiger partial charge in [-0.05, 0) is 74.3 Å². The van der Waals surface area contributed by atoms with Crippen molar-refractivity contribution in [3.05, 3.63) is 41.4 Å². The van der Waals surface area contributed by atoms with Crippen LogP contribution in [0.1, 0.15) is 38.3 Å². The van der Waals surface area contributed by atoms with Crippen molar-refractivity contribution in [1.29, 1.82) is 0 Å². The molecule has 1 aromatic carbocycles. The maximum Gasteiger partial charge on any atom is 0.244 e. The van der Waals surface area contributed by atoms with Crippen LogP contribution in [-0.4, -0.2) is 24.0 Å². The summed E-state index contributed by atoms with van der Waals surface area (Å²) in [6.45, 7) is 2.15. The predicted molar refractivity (Wildman–Crippen MR) is 110 cm³/mol. The standard InChI is InChI=1S/C22H26N2O2S/c1-14(20-12-15-3-4-17(20)11-15)23-21(25)10-7-18-13-27-22(24-18)16-5-8-19(26-2)9-6-16/h5-10,13-15,17,20H,3-4,11-12H2,1-2H3,(H,23,25)/b10-7+/t14-,15-,17-,20-/m0/s1. The average Bonchev–Trinajstić information content (AvgIpc) is 3.43. The van der Waals surface area contributed by atoms with E-state index in [9.17, 15) is 4.79 Å². The van der Waals surface area contributed by atoms with Crippen LogP contribution in [0.25, 0.3) is 16.6 Å². The molecule has 2 aromatic rings. The fourth-order valence-electron chi connectivity index (χ4n) is 4.68. The largest absolute Gasteiger partial charge is 0.497 e. The molecular weight excluding hydrogens is 356 g/mol. The molecule has 0 spiro atoms. The minimum absolute atomic E-state index is 0.0238. The van der Waals surface area contributed by atoms with Gasteiger partial charge in [-0.2, -0.15) is 0 Å². The molecule has 4 rings (SSSR count). The van der Waals surface area contributed by atoms with E-state index in [0.717, 1.165) is 33.9 Å². The topological polar surface area (TPSA) is 51.2 Å². The third-order valence-corrected chi connectivity index (χ3v) is 6.98. The first kappa shape index (κ1) is 18.2. The lowest BCUT2D eigenvalue weighted by Crippen LogP contribution is -2.39. The summed E-state index contributed by atoms with van der Waals surface area (Å²) in [7, 11) is 1.66. The molecule has 2 aliphatic rings. The molecule has 2 fully saturated rings. The normalized spacial score (nSPS) is 25.0. The monoisotopic (exact) mass is 382 g/mol. The van der Waals surface area contributed by atoms with Crippen LogP contribution in [0, 0.1) is 17.8 Å². The third kappa shape index (κ3) is 4.08. The molecule has 1 heterocycles. The van der Waals surface area contributed by atoms with Crippen LogP contribution < -0.4 is 10.1 Å². The zero-order valence-corrected chi connectivity index (χ0v) is 16.7. The van der Waals surface area contributed by atoms with E-state index in [1.807, 2.05) is 29.6 Å². The number of hydrogen-bond donors (Lipinski definition) is 1. The highest BCUT2D eigenvalue weighted by Gasteiger charge is 2.41. The van der Waals surface area contributed by atoms with Gasteiger partial charge in [0.2, 0.25) is 5.91 Å². The first-order valence-electron chi connectivity index (χ1n) is 9.71. The highest BCUT2D eigenvalue weighted by molar-refractivity contribution is 7.13. The molecule has 1 amide bonds. The molecule has 2 aliphatic carbocycles. The number of hydrogen-bond acceptors (Lipinski definition) is 4. The fourth-order valence-corrected chi connectivity index (χ4v) is 5.47. The molecule has 2 saturated carbocycles. The van der Waals surface area contributed by atoms with Gasteiger partial charge in [0.25, 0.3) is 0 Å². The van der Waals surface area contributed by atoms with Gasteiger partial charge in [-0.25, -0.2) is 4.98 Å². The van der Waals surface area contributed by atoms with Gasteiger partial charge in [0.15, 0.2) is 0 Å². The lowest BCUT2D eigenvalue weighted by molar-refractivity contribution is -0.117. The average molecular weight is 383 g/mol. The summed E-state index contributed by atoms with van der Waals surface area (Å²) < 4.78 is 5.19. The molecule has 1 aromatic heterocycles. The summed E-state index contributed by atoms with van der Waals surface area (Å²) in [5.41, 5.74) is 1.86. The van der Waals surface area contributed by atoms with Gasteiger partial charge in [0.1, 0.15) is 10.8 Å². The fraction of sp³-hybridized carbons (Fsp3) is 0.455. The predicted octanol–water partition coefficient (Wildman–Crippen LogP) is 4.77. The van der Waals surface area contributed by atoms with Gasteiger partial charge in [0, 0.05) is 23.1 Å². The lowest BCUT2D eigenvalue weighted by Gasteiger charge is -2.28. The van der Waals surface area contributed by atoms with Crippen LogP contribution in [0.5, 0.6) is 5.75 Å². The van der Waals surface area contributed by atoms with E-state index >= 15 is 0 Å². The van der Waals surface area contributed by atoms with E-state index in [-0.39, 0.29) is 11.9 Å². The second-order valence-corrected chi connectivity index (χ2v) is 8.63. The molecule has 5 heteroatoms. The summed E-state index contributed by atoms with van der Waals surface area (Å²) in [6, 6.07) is 8.10. The van der Waals surface area contributed by atoms with E-state index in [0.29, 0.717) is 5.92 Å². The van der Waals surface area contributed by atoms with Crippen molar-refractivity contribution in [3.8, 4) is 16.3 Å². The third-order valence-electron chi connectivity index (χ3n) is 6.07. The van der Waals surface area contributed by atoms with E-state index < -0.39 is 0 Å². The molecule has 0 radical (unpaired) electrons. The maximum absolute atomic E-state index is 12.3. The number of methoxy groups -OCH3 is 1. The molecule has 0 aliphatic heterocycles. The molecule has 0 saturated heterocycles. The van der Waals surface area contributed by atoms with Crippen LogP contribution in [0.3, 0.4) is 0 Å². The van der Waals surface area contributed by atoms with Crippen LogP contribution in [-0.2, 0) is 4.79 Å². The Balaban J connectivity index is 1.33. The van der Waals surface area contributed by atoms with Crippen molar-refractivity contribution in [2.24, 2.45) is 17.8 Å². The SMILES string of the molecule is COc1ccc(-c2nc(/C=C/C(=O)N[C@@H](C)[C@@H]3C[C@H]4CC[C@H]3C4)cs2)cc1. The number of carbonyl (C=O) groups is 1. The first-order valence-corrected chi connectivity index (χ1v) is 10.6. The van der Waals surface area contributed by atoms with E-state index in [1.54, 1.807) is 30.6 Å². The van der Waals surface area contributed by atoms with Crippen molar-refractivity contribution in [1.82, 2.24) is 10.3 Å². The summed E-state index contributed by atoms with van der Waals surface area (Å²) in [6.07, 6.45) is 8.80. The number of rotatable bonds is 6. The molecule has 2 bridgehead atoms. The highest BCUT2D eigenvalue weighted by atomic mass is 32.1. The van der Waals surface area contributed by atoms with Gasteiger partial charge in [0.05, 0.1) is 12.8 Å². The Morgan fingerprint density at radius 2 is 2.11 bits per heavy atom. The Bertz CT molecular complexity index is 827. The molecular formula is C22H26N2O2S. The molecule has 27 heavy (non-hydrogen) atoms. The van der Waals surface area contributed by atoms with Crippen LogP contribution >= 0.6 is 11.3 Å². The second kappa shape index (κ2) is 7.85. The van der Waals surface area contributed by atoms with Gasteiger partial charge in [-0.15, -0.1) is 11.3 Å². The van der Waals surface area contributed by atoms with Gasteiger partial charge in [-0.1, -0.05) is 6.42 Å². The number of aromatic nitrogens is 1. The number of thiazole rings is 1. The molecule has 0 unspecified atom stereocenters. The van der Waals surface area contributed by atoms with Crippen molar-refractivity contribution in [3.63, 3.8) is 0 Å². The zero-order chi connectivity index (χ0) is 18.8. The number of carbonyl (C=O) groups excluding carboxylic acids is 1. The van der Waals surface area contributed by atoms with Gasteiger partial charge < -0.3 is 10.1 Å². The Morgan fingerprint density at radius 3 is 2.78 bits per heavy atom. The minimum Gasteiger partial charge on any atom is -0.497 e. The second-order valence-electron chi connectivity index (χ2n) is 7.78. The van der Waals surface area contributed by atoms with Gasteiger partial charge in [-0.3, -0.25) is 4.79 Å². The van der Waals surface area contributed by atoms with Crippen molar-refractivity contribution in [2.75, 3.05) is 7.11 Å². The van der Waals surface area contributed by atoms with Crippen molar-refractivity contribution >= 4 is 23.3 Å². The van der Waals surface area contributed by atoms with Gasteiger partial charge >= 0.3 is 0 Å². The molecule has 1 N–H and O–H groups in total. The summed E-state index contributed by atoms with van der Waals surface area (Å²) in [4.78, 5) is 16.9. The Labute approximate surface area is 164 Å². The zero-order valence-electron chi connectivity index (χ0n) is 15.9. The Kier molecular flexibility index (Phi) is 5.30. The number of ether oxygens (including phenoxy) is 1. The smallest absolute Gasteiger partial charge is 0.244 e. The Hall–Kier alpha value is -2.14. The number of benzene rings is 1. The van der Waals surface area contributed by atoms with E-state index in [1.165, 1.54) is 25.7 Å². The lowest BCUT2D eigenvalue weighted by atomic mass is 9.84. The van der Waals surface area contributed by atoms with Crippen molar-refractivity contribution < 1.29 is 9.53 Å². The maximum atomic E-state index is 12.3.